The van der Waals surface area contributed by atoms with Gasteiger partial charge in [0.1, 0.15) is 5.58 Å². The summed E-state index contributed by atoms with van der Waals surface area (Å²) in [5.74, 6) is 0. The molecule has 0 atom stereocenters. The van der Waals surface area contributed by atoms with Crippen LogP contribution in [0.25, 0.3) is 11.0 Å². The Bertz CT molecular complexity index is 511. The largest absolute Gasteiger partial charge is 0.445 e. The molecule has 0 saturated carbocycles. The highest BCUT2D eigenvalue weighted by atomic mass is 32.1. The van der Waals surface area contributed by atoms with E-state index in [2.05, 4.69) is 12.1 Å². The monoisotopic (exact) mass is 190 g/mol. The highest BCUT2D eigenvalue weighted by Crippen LogP contribution is 2.19. The number of hydrogen-bond acceptors (Lipinski definition) is 2. The summed E-state index contributed by atoms with van der Waals surface area (Å²) in [4.78, 5) is 0. The number of rotatable bonds is 0. The van der Waals surface area contributed by atoms with E-state index in [0.29, 0.717) is 4.71 Å². The van der Waals surface area contributed by atoms with Crippen molar-refractivity contribution in [3.63, 3.8) is 0 Å². The molecule has 13 heavy (non-hydrogen) atoms. The minimum Gasteiger partial charge on any atom is -0.445 e. The van der Waals surface area contributed by atoms with E-state index in [-0.39, 0.29) is 0 Å². The summed E-state index contributed by atoms with van der Waals surface area (Å²) in [5.41, 5.74) is 3.24. The first-order valence-electron chi connectivity index (χ1n) is 4.18. The van der Waals surface area contributed by atoms with Crippen LogP contribution in [0.3, 0.4) is 0 Å². The summed E-state index contributed by atoms with van der Waals surface area (Å²) in [6.07, 6.45) is 0. The fourth-order valence-corrected chi connectivity index (χ4v) is 1.70. The molecule has 0 saturated heterocycles. The van der Waals surface area contributed by atoms with Crippen molar-refractivity contribution in [1.29, 1.82) is 0 Å². The van der Waals surface area contributed by atoms with Crippen molar-refractivity contribution >= 4 is 23.2 Å². The second-order valence-corrected chi connectivity index (χ2v) is 3.65. The summed E-state index contributed by atoms with van der Waals surface area (Å²) < 4.78 is 5.99. The fraction of sp³-hybridized carbons (Fsp3) is 0.182. The van der Waals surface area contributed by atoms with E-state index in [1.165, 1.54) is 11.1 Å². The lowest BCUT2D eigenvalue weighted by Gasteiger charge is -2.01. The summed E-state index contributed by atoms with van der Waals surface area (Å²) in [5, 5.41) is 1.14. The van der Waals surface area contributed by atoms with Crippen LogP contribution in [0.5, 0.6) is 0 Å². The van der Waals surface area contributed by atoms with Gasteiger partial charge in [-0.15, -0.1) is 0 Å². The first kappa shape index (κ1) is 8.45. The Kier molecular flexibility index (Phi) is 1.93. The molecule has 66 valence electrons. The number of hydrogen-bond donors (Lipinski definition) is 0. The van der Waals surface area contributed by atoms with Crippen LogP contribution in [0.2, 0.25) is 0 Å². The number of benzene rings is 1. The molecule has 0 spiro atoms. The van der Waals surface area contributed by atoms with E-state index >= 15 is 0 Å². The highest BCUT2D eigenvalue weighted by Gasteiger charge is 1.99. The lowest BCUT2D eigenvalue weighted by molar-refractivity contribution is 0.585. The summed E-state index contributed by atoms with van der Waals surface area (Å²) >= 11 is 5.00. The maximum Gasteiger partial charge on any atom is 0.191 e. The molecule has 2 heteroatoms. The first-order valence-corrected chi connectivity index (χ1v) is 4.59. The third-order valence-corrected chi connectivity index (χ3v) is 2.31. The van der Waals surface area contributed by atoms with Gasteiger partial charge in [-0.2, -0.15) is 0 Å². The van der Waals surface area contributed by atoms with Gasteiger partial charge in [-0.3, -0.25) is 0 Å². The predicted molar refractivity (Wildman–Crippen MR) is 56.5 cm³/mol. The van der Waals surface area contributed by atoms with E-state index in [1.807, 2.05) is 26.0 Å². The third-order valence-electron chi connectivity index (χ3n) is 2.11. The van der Waals surface area contributed by atoms with E-state index in [0.717, 1.165) is 11.0 Å². The SMILES string of the molecule is Cc1ccc2c(C)cc(=S)oc2c1. The fourth-order valence-electron chi connectivity index (χ4n) is 1.43. The average molecular weight is 190 g/mol. The molecule has 0 amide bonds. The van der Waals surface area contributed by atoms with E-state index in [1.54, 1.807) is 0 Å². The molecule has 0 radical (unpaired) electrons. The van der Waals surface area contributed by atoms with Gasteiger partial charge in [0, 0.05) is 5.39 Å². The minimum atomic E-state index is 0.551. The maximum absolute atomic E-state index is 5.44. The van der Waals surface area contributed by atoms with Crippen LogP contribution < -0.4 is 0 Å². The molecule has 0 aliphatic rings. The Labute approximate surface area is 82.0 Å². The van der Waals surface area contributed by atoms with Crippen LogP contribution in [-0.4, -0.2) is 0 Å². The normalized spacial score (nSPS) is 10.6. The van der Waals surface area contributed by atoms with Crippen molar-refractivity contribution < 1.29 is 4.42 Å². The molecule has 0 aliphatic heterocycles. The highest BCUT2D eigenvalue weighted by molar-refractivity contribution is 7.71. The Morgan fingerprint density at radius 3 is 2.69 bits per heavy atom. The third kappa shape index (κ3) is 1.49. The quantitative estimate of drug-likeness (QED) is 0.586. The van der Waals surface area contributed by atoms with Crippen LogP contribution in [-0.2, 0) is 0 Å². The minimum absolute atomic E-state index is 0.551. The van der Waals surface area contributed by atoms with E-state index < -0.39 is 0 Å². The van der Waals surface area contributed by atoms with Gasteiger partial charge >= 0.3 is 0 Å². The standard InChI is InChI=1S/C11H10OS/c1-7-3-4-9-8(2)6-11(13)12-10(9)5-7/h3-6H,1-2H3. The predicted octanol–water partition coefficient (Wildman–Crippen LogP) is 3.78. The smallest absolute Gasteiger partial charge is 0.191 e. The van der Waals surface area contributed by atoms with Crippen molar-refractivity contribution in [2.24, 2.45) is 0 Å². The summed E-state index contributed by atoms with van der Waals surface area (Å²) in [6.45, 7) is 4.09. The molecule has 2 aromatic rings. The van der Waals surface area contributed by atoms with Crippen molar-refractivity contribution in [2.45, 2.75) is 13.8 Å². The molecule has 1 aromatic heterocycles. The van der Waals surface area contributed by atoms with Crippen LogP contribution in [0.15, 0.2) is 28.7 Å². The lowest BCUT2D eigenvalue weighted by atomic mass is 10.1. The van der Waals surface area contributed by atoms with Gasteiger partial charge in [-0.25, -0.2) is 0 Å². The molecule has 0 aliphatic carbocycles. The van der Waals surface area contributed by atoms with Crippen molar-refractivity contribution in [2.75, 3.05) is 0 Å². The van der Waals surface area contributed by atoms with Gasteiger partial charge < -0.3 is 4.42 Å². The summed E-state index contributed by atoms with van der Waals surface area (Å²) in [6, 6.07) is 8.04. The van der Waals surface area contributed by atoms with Crippen molar-refractivity contribution in [3.05, 3.63) is 40.1 Å². The Morgan fingerprint density at radius 2 is 1.92 bits per heavy atom. The van der Waals surface area contributed by atoms with E-state index in [9.17, 15) is 0 Å². The number of aryl methyl sites for hydroxylation is 2. The zero-order valence-corrected chi connectivity index (χ0v) is 8.44. The van der Waals surface area contributed by atoms with Gasteiger partial charge in [0.2, 0.25) is 0 Å². The van der Waals surface area contributed by atoms with Gasteiger partial charge in [-0.1, -0.05) is 12.1 Å². The molecule has 0 N–H and O–H groups in total. The average Bonchev–Trinajstić information content (AvgIpc) is 2.02. The Balaban J connectivity index is 2.94. The molecule has 2 rings (SSSR count). The number of fused-ring (bicyclic) bond motifs is 1. The Morgan fingerprint density at radius 1 is 1.15 bits per heavy atom. The van der Waals surface area contributed by atoms with Crippen LogP contribution in [0, 0.1) is 18.6 Å². The second kappa shape index (κ2) is 2.96. The molecule has 1 aromatic carbocycles. The molecule has 0 unspecified atom stereocenters. The molecule has 0 bridgehead atoms. The zero-order valence-electron chi connectivity index (χ0n) is 7.63. The van der Waals surface area contributed by atoms with Gasteiger partial charge in [0.25, 0.3) is 0 Å². The maximum atomic E-state index is 5.44. The zero-order chi connectivity index (χ0) is 9.42. The van der Waals surface area contributed by atoms with Crippen LogP contribution in [0.1, 0.15) is 11.1 Å². The van der Waals surface area contributed by atoms with Crippen molar-refractivity contribution in [3.8, 4) is 0 Å². The second-order valence-electron chi connectivity index (χ2n) is 3.25. The van der Waals surface area contributed by atoms with Crippen LogP contribution in [0.4, 0.5) is 0 Å². The van der Waals surface area contributed by atoms with Gasteiger partial charge in [0.15, 0.2) is 4.71 Å². The Hall–Kier alpha value is -1.15. The molecule has 1 heterocycles. The van der Waals surface area contributed by atoms with Crippen LogP contribution >= 0.6 is 12.2 Å². The molecular weight excluding hydrogens is 180 g/mol. The molecule has 1 nitrogen and oxygen atoms in total. The topological polar surface area (TPSA) is 13.1 Å². The first-order chi connectivity index (χ1) is 6.16. The van der Waals surface area contributed by atoms with Gasteiger partial charge in [0.05, 0.1) is 0 Å². The lowest BCUT2D eigenvalue weighted by Crippen LogP contribution is -1.80. The van der Waals surface area contributed by atoms with E-state index in [4.69, 9.17) is 16.6 Å². The van der Waals surface area contributed by atoms with Crippen molar-refractivity contribution in [1.82, 2.24) is 0 Å². The molecular formula is C11H10OS. The molecule has 0 fully saturated rings. The summed E-state index contributed by atoms with van der Waals surface area (Å²) in [7, 11) is 0. The van der Waals surface area contributed by atoms with Gasteiger partial charge in [-0.05, 0) is 49.3 Å².